The fraction of sp³-hybridized carbons (Fsp3) is 0.550. The van der Waals surface area contributed by atoms with Crippen molar-refractivity contribution in [2.45, 2.75) is 50.4 Å². The molecule has 2 fully saturated rings. The lowest BCUT2D eigenvalue weighted by molar-refractivity contribution is -0.274. The van der Waals surface area contributed by atoms with Gasteiger partial charge >= 0.3 is 12.5 Å². The van der Waals surface area contributed by atoms with E-state index in [0.717, 1.165) is 23.9 Å². The van der Waals surface area contributed by atoms with Gasteiger partial charge in [-0.25, -0.2) is 13.2 Å². The van der Waals surface area contributed by atoms with Gasteiger partial charge in [-0.15, -0.1) is 13.2 Å². The van der Waals surface area contributed by atoms with Crippen molar-refractivity contribution in [2.75, 3.05) is 23.0 Å². The molecular formula is C20H24F3N3O6S2. The van der Waals surface area contributed by atoms with Gasteiger partial charge in [0.15, 0.2) is 15.0 Å². The van der Waals surface area contributed by atoms with E-state index in [0.29, 0.717) is 5.69 Å². The number of nitrogens with one attached hydrogen (secondary N) is 1. The Labute approximate surface area is 199 Å². The number of alkyl carbamates (subject to hydrolysis) is 1. The van der Waals surface area contributed by atoms with Crippen LogP contribution in [-0.4, -0.2) is 66.9 Å². The predicted molar refractivity (Wildman–Crippen MR) is 121 cm³/mol. The Morgan fingerprint density at radius 1 is 1.18 bits per heavy atom. The van der Waals surface area contributed by atoms with Crippen LogP contribution in [0.1, 0.15) is 27.2 Å². The number of nitrogens with zero attached hydrogens (tertiary/aromatic N) is 2. The quantitative estimate of drug-likeness (QED) is 0.626. The standard InChI is InChI=1S/C20H24F3N3O6S2/c1-19(2,3)32-18(28)24-9-8-16(27)25-17-26(14-10-34(29,30)11-15(14)33-17)12-4-6-13(7-5-12)31-20(21,22)23/h4-7,14-15H,8-11H2,1-3H3,(H,24,28)/t14-,15-/m0/s1. The maximum Gasteiger partial charge on any atom is 0.573 e. The van der Waals surface area contributed by atoms with E-state index in [1.807, 2.05) is 0 Å². The lowest BCUT2D eigenvalue weighted by Crippen LogP contribution is -2.37. The van der Waals surface area contributed by atoms with E-state index in [1.54, 1.807) is 25.7 Å². The van der Waals surface area contributed by atoms with E-state index >= 15 is 0 Å². The average molecular weight is 524 g/mol. The zero-order valence-corrected chi connectivity index (χ0v) is 20.2. The summed E-state index contributed by atoms with van der Waals surface area (Å²) in [6, 6.07) is 4.39. The molecular weight excluding hydrogens is 499 g/mol. The van der Waals surface area contributed by atoms with Gasteiger partial charge in [-0.2, -0.15) is 4.99 Å². The van der Waals surface area contributed by atoms with E-state index in [2.05, 4.69) is 15.0 Å². The molecule has 3 rings (SSSR count). The summed E-state index contributed by atoms with van der Waals surface area (Å²) in [6.45, 7) is 5.09. The third kappa shape index (κ3) is 7.26. The first-order chi connectivity index (χ1) is 15.6. The van der Waals surface area contributed by atoms with Gasteiger partial charge in [-0.3, -0.25) is 4.79 Å². The molecule has 1 aromatic carbocycles. The zero-order chi connectivity index (χ0) is 25.3. The molecule has 2 aliphatic heterocycles. The second-order valence-electron chi connectivity index (χ2n) is 8.68. The number of amides is 2. The highest BCUT2D eigenvalue weighted by molar-refractivity contribution is 8.16. The summed E-state index contributed by atoms with van der Waals surface area (Å²) in [6.07, 6.45) is -5.64. The second kappa shape index (κ2) is 9.64. The smallest absolute Gasteiger partial charge is 0.444 e. The zero-order valence-electron chi connectivity index (χ0n) is 18.6. The summed E-state index contributed by atoms with van der Waals surface area (Å²) in [5.41, 5.74) is -0.307. The van der Waals surface area contributed by atoms with E-state index in [4.69, 9.17) is 4.74 Å². The number of ether oxygens (including phenoxy) is 2. The first-order valence-electron chi connectivity index (χ1n) is 10.2. The summed E-state index contributed by atoms with van der Waals surface area (Å²) in [7, 11) is -3.31. The number of carbonyl (C=O) groups is 2. The minimum Gasteiger partial charge on any atom is -0.444 e. The fourth-order valence-corrected chi connectivity index (χ4v) is 7.35. The van der Waals surface area contributed by atoms with Gasteiger partial charge in [0.25, 0.3) is 0 Å². The molecule has 14 heteroatoms. The maximum atomic E-state index is 12.4. The average Bonchev–Trinajstić information content (AvgIpc) is 3.10. The molecule has 0 saturated carbocycles. The number of fused-ring (bicyclic) bond motifs is 1. The van der Waals surface area contributed by atoms with Gasteiger partial charge in [0.05, 0.1) is 17.5 Å². The number of halogens is 3. The van der Waals surface area contributed by atoms with Crippen LogP contribution in [0.4, 0.5) is 23.7 Å². The molecule has 2 amide bonds. The Balaban J connectivity index is 1.73. The van der Waals surface area contributed by atoms with E-state index < -0.39 is 45.6 Å². The molecule has 2 saturated heterocycles. The largest absolute Gasteiger partial charge is 0.573 e. The van der Waals surface area contributed by atoms with Crippen molar-refractivity contribution in [3.63, 3.8) is 0 Å². The van der Waals surface area contributed by atoms with Crippen LogP contribution in [0, 0.1) is 0 Å². The van der Waals surface area contributed by atoms with Crippen molar-refractivity contribution in [3.8, 4) is 5.75 Å². The SMILES string of the molecule is CC(C)(C)OC(=O)NCCC(=O)N=C1S[C@H]2CS(=O)(=O)C[C@@H]2N1c1ccc(OC(F)(F)F)cc1. The molecule has 2 heterocycles. The van der Waals surface area contributed by atoms with E-state index in [1.165, 1.54) is 12.1 Å². The van der Waals surface area contributed by atoms with Gasteiger partial charge in [0.1, 0.15) is 11.4 Å². The number of thioether (sulfide) groups is 1. The Morgan fingerprint density at radius 2 is 1.82 bits per heavy atom. The summed E-state index contributed by atoms with van der Waals surface area (Å²) in [5, 5.41) is 2.33. The summed E-state index contributed by atoms with van der Waals surface area (Å²) >= 11 is 1.13. The molecule has 0 unspecified atom stereocenters. The Hall–Kier alpha value is -2.48. The number of benzene rings is 1. The van der Waals surface area contributed by atoms with Crippen LogP contribution in [0.25, 0.3) is 0 Å². The molecule has 0 aromatic heterocycles. The van der Waals surface area contributed by atoms with Gasteiger partial charge in [-0.1, -0.05) is 11.8 Å². The van der Waals surface area contributed by atoms with Gasteiger partial charge in [0, 0.05) is 23.9 Å². The highest BCUT2D eigenvalue weighted by Gasteiger charge is 2.49. The van der Waals surface area contributed by atoms with Crippen molar-refractivity contribution >= 4 is 44.5 Å². The summed E-state index contributed by atoms with van der Waals surface area (Å²) in [5.74, 6) is -1.25. The van der Waals surface area contributed by atoms with Crippen molar-refractivity contribution in [1.82, 2.24) is 5.32 Å². The maximum absolute atomic E-state index is 12.4. The van der Waals surface area contributed by atoms with Crippen molar-refractivity contribution < 1.29 is 40.7 Å². The minimum atomic E-state index is -4.85. The fourth-order valence-electron chi connectivity index (χ4n) is 3.42. The number of anilines is 1. The highest BCUT2D eigenvalue weighted by atomic mass is 32.2. The first kappa shape index (κ1) is 26.1. The minimum absolute atomic E-state index is 0.0140. The Bertz CT molecular complexity index is 1070. The number of aliphatic imine (C=N–C) groups is 1. The number of hydrogen-bond acceptors (Lipinski definition) is 7. The van der Waals surface area contributed by atoms with Crippen LogP contribution >= 0.6 is 11.8 Å². The second-order valence-corrected chi connectivity index (χ2v) is 12.0. The Morgan fingerprint density at radius 3 is 2.41 bits per heavy atom. The van der Waals surface area contributed by atoms with Crippen LogP contribution in [0.2, 0.25) is 0 Å². The lowest BCUT2D eigenvalue weighted by atomic mass is 10.2. The molecule has 0 spiro atoms. The topological polar surface area (TPSA) is 114 Å². The Kier molecular flexibility index (Phi) is 7.41. The number of hydrogen-bond donors (Lipinski definition) is 1. The third-order valence-corrected chi connectivity index (χ3v) is 7.85. The number of alkyl halides is 3. The molecule has 188 valence electrons. The third-order valence-electron chi connectivity index (χ3n) is 4.64. The number of carbonyl (C=O) groups excluding carboxylic acids is 2. The monoisotopic (exact) mass is 523 g/mol. The lowest BCUT2D eigenvalue weighted by Gasteiger charge is -2.24. The van der Waals surface area contributed by atoms with Crippen molar-refractivity contribution in [2.24, 2.45) is 4.99 Å². The first-order valence-corrected chi connectivity index (χ1v) is 12.9. The molecule has 0 aliphatic carbocycles. The molecule has 9 nitrogen and oxygen atoms in total. The number of amidine groups is 1. The van der Waals surface area contributed by atoms with E-state index in [9.17, 15) is 31.2 Å². The molecule has 2 atom stereocenters. The number of sulfone groups is 1. The number of rotatable bonds is 5. The summed E-state index contributed by atoms with van der Waals surface area (Å²) < 4.78 is 70.6. The molecule has 2 aliphatic rings. The van der Waals surface area contributed by atoms with E-state index in [-0.39, 0.29) is 34.9 Å². The van der Waals surface area contributed by atoms with Crippen LogP contribution < -0.4 is 15.0 Å². The van der Waals surface area contributed by atoms with Crippen LogP contribution in [0.3, 0.4) is 0 Å². The van der Waals surface area contributed by atoms with Gasteiger partial charge in [0.2, 0.25) is 5.91 Å². The van der Waals surface area contributed by atoms with Gasteiger partial charge < -0.3 is 19.7 Å². The summed E-state index contributed by atoms with van der Waals surface area (Å²) in [4.78, 5) is 29.8. The van der Waals surface area contributed by atoms with Crippen LogP contribution in [0.5, 0.6) is 5.75 Å². The van der Waals surface area contributed by atoms with Crippen LogP contribution in [-0.2, 0) is 19.4 Å². The van der Waals surface area contributed by atoms with Crippen molar-refractivity contribution in [3.05, 3.63) is 24.3 Å². The normalized spacial score (nSPS) is 23.0. The molecule has 0 radical (unpaired) electrons. The molecule has 0 bridgehead atoms. The van der Waals surface area contributed by atoms with Crippen molar-refractivity contribution in [1.29, 1.82) is 0 Å². The van der Waals surface area contributed by atoms with Crippen LogP contribution in [0.15, 0.2) is 29.3 Å². The van der Waals surface area contributed by atoms with Gasteiger partial charge in [-0.05, 0) is 45.0 Å². The molecule has 1 aromatic rings. The highest BCUT2D eigenvalue weighted by Crippen LogP contribution is 2.41. The predicted octanol–water partition coefficient (Wildman–Crippen LogP) is 3.10. The molecule has 1 N–H and O–H groups in total. The molecule has 34 heavy (non-hydrogen) atoms.